The summed E-state index contributed by atoms with van der Waals surface area (Å²) in [5.74, 6) is -0.649. The summed E-state index contributed by atoms with van der Waals surface area (Å²) in [6.07, 6.45) is -0.616. The Bertz CT molecular complexity index is 657. The van der Waals surface area contributed by atoms with E-state index < -0.39 is 0 Å². The molecule has 2 rings (SSSR count). The third-order valence-electron chi connectivity index (χ3n) is 3.94. The first-order valence-electron chi connectivity index (χ1n) is 8.16. The van der Waals surface area contributed by atoms with E-state index in [2.05, 4.69) is 5.32 Å². The SMILES string of the molecule is CCOC(=O)N1CCN(C(=O)CC(=O)Nc2cc(Cl)ccc2C)CC1. The van der Waals surface area contributed by atoms with Crippen LogP contribution in [0.3, 0.4) is 0 Å². The first kappa shape index (κ1) is 19.1. The van der Waals surface area contributed by atoms with Crippen molar-refractivity contribution in [1.29, 1.82) is 0 Å². The van der Waals surface area contributed by atoms with Crippen molar-refractivity contribution in [3.8, 4) is 0 Å². The zero-order valence-electron chi connectivity index (χ0n) is 14.4. The standard InChI is InChI=1S/C17H22ClN3O4/c1-3-25-17(24)21-8-6-20(7-9-21)16(23)11-15(22)19-14-10-13(18)5-4-12(14)2/h4-5,10H,3,6-9,11H2,1-2H3,(H,19,22). The first-order valence-corrected chi connectivity index (χ1v) is 8.54. The third-order valence-corrected chi connectivity index (χ3v) is 4.18. The van der Waals surface area contributed by atoms with E-state index in [1.807, 2.05) is 6.92 Å². The van der Waals surface area contributed by atoms with Crippen LogP contribution >= 0.6 is 11.6 Å². The fourth-order valence-corrected chi connectivity index (χ4v) is 2.70. The maximum Gasteiger partial charge on any atom is 0.409 e. The Kier molecular flexibility index (Phi) is 6.64. The highest BCUT2D eigenvalue weighted by Gasteiger charge is 2.25. The minimum atomic E-state index is -0.386. The van der Waals surface area contributed by atoms with E-state index in [1.54, 1.807) is 34.9 Å². The predicted molar refractivity (Wildman–Crippen MR) is 94.6 cm³/mol. The van der Waals surface area contributed by atoms with Crippen LogP contribution < -0.4 is 5.32 Å². The molecule has 0 bridgehead atoms. The van der Waals surface area contributed by atoms with Crippen molar-refractivity contribution in [2.45, 2.75) is 20.3 Å². The van der Waals surface area contributed by atoms with Crippen LogP contribution in [0.5, 0.6) is 0 Å². The lowest BCUT2D eigenvalue weighted by Crippen LogP contribution is -2.51. The van der Waals surface area contributed by atoms with E-state index >= 15 is 0 Å². The van der Waals surface area contributed by atoms with Gasteiger partial charge in [-0.25, -0.2) is 4.79 Å². The highest BCUT2D eigenvalue weighted by Crippen LogP contribution is 2.20. The molecule has 1 fully saturated rings. The average molecular weight is 368 g/mol. The summed E-state index contributed by atoms with van der Waals surface area (Å²) in [5, 5.41) is 3.23. The van der Waals surface area contributed by atoms with Gasteiger partial charge in [0.15, 0.2) is 0 Å². The lowest BCUT2D eigenvalue weighted by Gasteiger charge is -2.34. The van der Waals surface area contributed by atoms with E-state index in [0.29, 0.717) is 43.5 Å². The lowest BCUT2D eigenvalue weighted by atomic mass is 10.2. The number of ether oxygens (including phenoxy) is 1. The van der Waals surface area contributed by atoms with Crippen molar-refractivity contribution in [2.75, 3.05) is 38.1 Å². The van der Waals surface area contributed by atoms with Crippen LogP contribution in [0.4, 0.5) is 10.5 Å². The Labute approximate surface area is 151 Å². The lowest BCUT2D eigenvalue weighted by molar-refractivity contribution is -0.135. The molecule has 1 aromatic rings. The number of hydrogen-bond donors (Lipinski definition) is 1. The van der Waals surface area contributed by atoms with Gasteiger partial charge in [-0.15, -0.1) is 0 Å². The molecule has 0 spiro atoms. The number of nitrogens with one attached hydrogen (secondary N) is 1. The number of benzene rings is 1. The number of carbonyl (C=O) groups excluding carboxylic acids is 3. The van der Waals surface area contributed by atoms with E-state index in [0.717, 1.165) is 5.56 Å². The topological polar surface area (TPSA) is 79.0 Å². The second-order valence-corrected chi connectivity index (χ2v) is 6.19. The fourth-order valence-electron chi connectivity index (χ4n) is 2.53. The van der Waals surface area contributed by atoms with Gasteiger partial charge < -0.3 is 19.9 Å². The molecule has 0 unspecified atom stereocenters. The van der Waals surface area contributed by atoms with Gasteiger partial charge in [-0.2, -0.15) is 0 Å². The van der Waals surface area contributed by atoms with Crippen LogP contribution in [-0.4, -0.2) is 60.5 Å². The molecule has 1 heterocycles. The van der Waals surface area contributed by atoms with Gasteiger partial charge in [0.05, 0.1) is 6.61 Å². The smallest absolute Gasteiger partial charge is 0.409 e. The molecule has 1 saturated heterocycles. The molecule has 1 aromatic carbocycles. The second kappa shape index (κ2) is 8.71. The van der Waals surface area contributed by atoms with Gasteiger partial charge in [-0.05, 0) is 31.5 Å². The minimum absolute atomic E-state index is 0.245. The monoisotopic (exact) mass is 367 g/mol. The summed E-state index contributed by atoms with van der Waals surface area (Å²) in [6.45, 7) is 5.50. The molecule has 0 saturated carbocycles. The van der Waals surface area contributed by atoms with E-state index in [-0.39, 0.29) is 24.3 Å². The molecule has 0 atom stereocenters. The number of nitrogens with zero attached hydrogens (tertiary/aromatic N) is 2. The van der Waals surface area contributed by atoms with Gasteiger partial charge in [-0.3, -0.25) is 9.59 Å². The number of carbonyl (C=O) groups is 3. The molecule has 7 nitrogen and oxygen atoms in total. The Morgan fingerprint density at radius 2 is 1.80 bits per heavy atom. The van der Waals surface area contributed by atoms with E-state index in [1.165, 1.54) is 0 Å². The average Bonchev–Trinajstić information content (AvgIpc) is 2.58. The number of rotatable bonds is 4. The molecular weight excluding hydrogens is 346 g/mol. The molecule has 8 heteroatoms. The van der Waals surface area contributed by atoms with Crippen molar-refractivity contribution in [1.82, 2.24) is 9.80 Å². The Balaban J connectivity index is 1.83. The molecule has 136 valence electrons. The number of aryl methyl sites for hydroxylation is 1. The van der Waals surface area contributed by atoms with Crippen LogP contribution in [0.1, 0.15) is 18.9 Å². The van der Waals surface area contributed by atoms with E-state index in [9.17, 15) is 14.4 Å². The molecule has 1 aliphatic heterocycles. The summed E-state index contributed by atoms with van der Waals surface area (Å²) >= 11 is 5.92. The van der Waals surface area contributed by atoms with Gasteiger partial charge in [-0.1, -0.05) is 17.7 Å². The molecule has 0 aromatic heterocycles. The normalized spacial score (nSPS) is 14.2. The zero-order chi connectivity index (χ0) is 18.4. The Morgan fingerprint density at radius 1 is 1.16 bits per heavy atom. The number of hydrogen-bond acceptors (Lipinski definition) is 4. The summed E-state index contributed by atoms with van der Waals surface area (Å²) in [4.78, 5) is 39.1. The molecule has 0 aliphatic carbocycles. The summed E-state index contributed by atoms with van der Waals surface area (Å²) in [7, 11) is 0. The number of anilines is 1. The van der Waals surface area contributed by atoms with Crippen molar-refractivity contribution >= 4 is 35.2 Å². The summed E-state index contributed by atoms with van der Waals surface area (Å²) < 4.78 is 4.94. The molecular formula is C17H22ClN3O4. The molecule has 0 radical (unpaired) electrons. The third kappa shape index (κ3) is 5.35. The van der Waals surface area contributed by atoms with Crippen LogP contribution in [0.15, 0.2) is 18.2 Å². The van der Waals surface area contributed by atoms with Gasteiger partial charge >= 0.3 is 6.09 Å². The van der Waals surface area contributed by atoms with Crippen LogP contribution in [0.2, 0.25) is 5.02 Å². The zero-order valence-corrected chi connectivity index (χ0v) is 15.1. The number of amides is 3. The Hall–Kier alpha value is -2.28. The quantitative estimate of drug-likeness (QED) is 0.828. The van der Waals surface area contributed by atoms with Crippen molar-refractivity contribution < 1.29 is 19.1 Å². The first-order chi connectivity index (χ1) is 11.9. The number of halogens is 1. The molecule has 3 amide bonds. The maximum absolute atomic E-state index is 12.3. The van der Waals surface area contributed by atoms with Crippen LogP contribution in [0.25, 0.3) is 0 Å². The van der Waals surface area contributed by atoms with Gasteiger partial charge in [0.1, 0.15) is 6.42 Å². The van der Waals surface area contributed by atoms with Gasteiger partial charge in [0.25, 0.3) is 0 Å². The predicted octanol–water partition coefficient (Wildman–Crippen LogP) is 2.28. The molecule has 1 aliphatic rings. The largest absolute Gasteiger partial charge is 0.450 e. The van der Waals surface area contributed by atoms with Crippen molar-refractivity contribution in [3.63, 3.8) is 0 Å². The van der Waals surface area contributed by atoms with Gasteiger partial charge in [0.2, 0.25) is 11.8 Å². The van der Waals surface area contributed by atoms with Crippen molar-refractivity contribution in [2.24, 2.45) is 0 Å². The van der Waals surface area contributed by atoms with Crippen molar-refractivity contribution in [3.05, 3.63) is 28.8 Å². The van der Waals surface area contributed by atoms with Crippen LogP contribution in [-0.2, 0) is 14.3 Å². The number of piperazine rings is 1. The van der Waals surface area contributed by atoms with Gasteiger partial charge in [0, 0.05) is 36.9 Å². The van der Waals surface area contributed by atoms with E-state index in [4.69, 9.17) is 16.3 Å². The highest BCUT2D eigenvalue weighted by atomic mass is 35.5. The highest BCUT2D eigenvalue weighted by molar-refractivity contribution is 6.31. The molecule has 1 N–H and O–H groups in total. The maximum atomic E-state index is 12.3. The summed E-state index contributed by atoms with van der Waals surface area (Å²) in [5.41, 5.74) is 1.46. The fraction of sp³-hybridized carbons (Fsp3) is 0.471. The Morgan fingerprint density at radius 3 is 2.44 bits per heavy atom. The minimum Gasteiger partial charge on any atom is -0.450 e. The summed E-state index contributed by atoms with van der Waals surface area (Å²) in [6, 6.07) is 5.19. The van der Waals surface area contributed by atoms with Crippen LogP contribution in [0, 0.1) is 6.92 Å². The second-order valence-electron chi connectivity index (χ2n) is 5.75. The molecule has 25 heavy (non-hydrogen) atoms.